The molecule has 0 saturated heterocycles. The SMILES string of the molecule is CCCCCCC(=O)OC\C=C(C)/C=C/C=C(C)\C=C\C1=C(C)CCCC1(C)C. The molecule has 0 spiro atoms. The average molecular weight is 399 g/mol. The first kappa shape index (κ1) is 25.2. The smallest absolute Gasteiger partial charge is 0.306 e. The molecule has 1 rings (SSSR count). The Hall–Kier alpha value is -1.83. The van der Waals surface area contributed by atoms with Crippen molar-refractivity contribution < 1.29 is 9.53 Å². The molecule has 0 heterocycles. The molecule has 0 N–H and O–H groups in total. The molecule has 0 bridgehead atoms. The lowest BCUT2D eigenvalue weighted by molar-refractivity contribution is -0.142. The van der Waals surface area contributed by atoms with Gasteiger partial charge in [0.05, 0.1) is 0 Å². The zero-order valence-electron chi connectivity index (χ0n) is 19.6. The third-order valence-corrected chi connectivity index (χ3v) is 5.66. The van der Waals surface area contributed by atoms with E-state index in [0.717, 1.165) is 18.4 Å². The molecular formula is C27H42O2. The average Bonchev–Trinajstić information content (AvgIpc) is 2.64. The monoisotopic (exact) mass is 398 g/mol. The minimum Gasteiger partial charge on any atom is -0.461 e. The van der Waals surface area contributed by atoms with Crippen molar-refractivity contribution in [2.75, 3.05) is 6.61 Å². The Bertz CT molecular complexity index is 669. The van der Waals surface area contributed by atoms with E-state index in [1.54, 1.807) is 0 Å². The third kappa shape index (κ3) is 10.5. The Balaban J connectivity index is 2.46. The normalized spacial score (nSPS) is 18.1. The fraction of sp³-hybridized carbons (Fsp3) is 0.593. The summed E-state index contributed by atoms with van der Waals surface area (Å²) in [7, 11) is 0. The molecule has 0 amide bonds. The van der Waals surface area contributed by atoms with Crippen LogP contribution in [0.4, 0.5) is 0 Å². The fourth-order valence-corrected chi connectivity index (χ4v) is 3.73. The van der Waals surface area contributed by atoms with Gasteiger partial charge in [0.15, 0.2) is 0 Å². The quantitative estimate of drug-likeness (QED) is 0.200. The molecule has 0 radical (unpaired) electrons. The van der Waals surface area contributed by atoms with E-state index in [9.17, 15) is 4.79 Å². The van der Waals surface area contributed by atoms with Crippen LogP contribution in [0.2, 0.25) is 0 Å². The summed E-state index contributed by atoms with van der Waals surface area (Å²) in [6.07, 6.45) is 21.4. The fourth-order valence-electron chi connectivity index (χ4n) is 3.73. The van der Waals surface area contributed by atoms with Crippen molar-refractivity contribution in [3.05, 3.63) is 58.7 Å². The van der Waals surface area contributed by atoms with E-state index < -0.39 is 0 Å². The zero-order valence-corrected chi connectivity index (χ0v) is 19.6. The van der Waals surface area contributed by atoms with Crippen molar-refractivity contribution in [2.24, 2.45) is 5.41 Å². The number of esters is 1. The lowest BCUT2D eigenvalue weighted by atomic mass is 9.72. The molecule has 0 aliphatic heterocycles. The number of hydrogen-bond donors (Lipinski definition) is 0. The largest absolute Gasteiger partial charge is 0.461 e. The van der Waals surface area contributed by atoms with Crippen molar-refractivity contribution in [3.8, 4) is 0 Å². The van der Waals surface area contributed by atoms with Gasteiger partial charge in [0.2, 0.25) is 0 Å². The molecule has 1 aliphatic rings. The number of carbonyl (C=O) groups excluding carboxylic acids is 1. The van der Waals surface area contributed by atoms with Gasteiger partial charge < -0.3 is 4.74 Å². The van der Waals surface area contributed by atoms with Gasteiger partial charge in [-0.05, 0) is 63.5 Å². The summed E-state index contributed by atoms with van der Waals surface area (Å²) in [6.45, 7) is 13.7. The van der Waals surface area contributed by atoms with Crippen LogP contribution in [0.25, 0.3) is 0 Å². The maximum atomic E-state index is 11.7. The van der Waals surface area contributed by atoms with Crippen molar-refractivity contribution >= 4 is 5.97 Å². The molecule has 0 saturated carbocycles. The molecule has 0 aromatic rings. The molecule has 2 heteroatoms. The number of rotatable bonds is 11. The highest BCUT2D eigenvalue weighted by molar-refractivity contribution is 5.69. The summed E-state index contributed by atoms with van der Waals surface area (Å²) in [5.41, 5.74) is 5.63. The van der Waals surface area contributed by atoms with E-state index in [1.165, 1.54) is 48.8 Å². The Morgan fingerprint density at radius 3 is 2.55 bits per heavy atom. The maximum Gasteiger partial charge on any atom is 0.306 e. The molecule has 0 fully saturated rings. The molecule has 1 aliphatic carbocycles. The molecule has 0 unspecified atom stereocenters. The number of ether oxygens (including phenoxy) is 1. The van der Waals surface area contributed by atoms with E-state index in [4.69, 9.17) is 4.74 Å². The molecule has 29 heavy (non-hydrogen) atoms. The van der Waals surface area contributed by atoms with E-state index >= 15 is 0 Å². The lowest BCUT2D eigenvalue weighted by Crippen LogP contribution is -2.19. The van der Waals surface area contributed by atoms with Crippen LogP contribution in [0, 0.1) is 5.41 Å². The molecule has 0 aromatic carbocycles. The maximum absolute atomic E-state index is 11.7. The van der Waals surface area contributed by atoms with Gasteiger partial charge in [0.1, 0.15) is 6.61 Å². The van der Waals surface area contributed by atoms with Crippen LogP contribution >= 0.6 is 0 Å². The van der Waals surface area contributed by atoms with Gasteiger partial charge in [-0.2, -0.15) is 0 Å². The van der Waals surface area contributed by atoms with Crippen molar-refractivity contribution in [1.29, 1.82) is 0 Å². The van der Waals surface area contributed by atoms with Crippen molar-refractivity contribution in [3.63, 3.8) is 0 Å². The third-order valence-electron chi connectivity index (χ3n) is 5.66. The first-order valence-electron chi connectivity index (χ1n) is 11.3. The molecule has 0 aromatic heterocycles. The van der Waals surface area contributed by atoms with Gasteiger partial charge in [0, 0.05) is 6.42 Å². The van der Waals surface area contributed by atoms with Crippen LogP contribution in [-0.4, -0.2) is 12.6 Å². The standard InChI is InChI=1S/C27H42O2/c1-7-8-9-10-16-26(28)29-21-19-23(3)14-11-13-22(2)17-18-25-24(4)15-12-20-27(25,5)6/h11,13-14,17-19H,7-10,12,15-16,20-21H2,1-6H3/b14-11+,18-17+,22-13-,23-19-. The minimum atomic E-state index is -0.0924. The Morgan fingerprint density at radius 2 is 1.86 bits per heavy atom. The van der Waals surface area contributed by atoms with Crippen LogP contribution in [0.15, 0.2) is 58.7 Å². The second-order valence-corrected chi connectivity index (χ2v) is 8.98. The summed E-state index contributed by atoms with van der Waals surface area (Å²) in [5, 5.41) is 0. The molecule has 0 atom stereocenters. The minimum absolute atomic E-state index is 0.0924. The highest BCUT2D eigenvalue weighted by Crippen LogP contribution is 2.40. The molecule has 2 nitrogen and oxygen atoms in total. The zero-order chi connectivity index (χ0) is 21.7. The van der Waals surface area contributed by atoms with Crippen LogP contribution in [0.5, 0.6) is 0 Å². The van der Waals surface area contributed by atoms with Crippen LogP contribution in [-0.2, 0) is 9.53 Å². The van der Waals surface area contributed by atoms with E-state index in [-0.39, 0.29) is 11.4 Å². The molecular weight excluding hydrogens is 356 g/mol. The second kappa shape index (κ2) is 13.4. The highest BCUT2D eigenvalue weighted by Gasteiger charge is 2.26. The summed E-state index contributed by atoms with van der Waals surface area (Å²) in [5.74, 6) is -0.0924. The van der Waals surface area contributed by atoms with Gasteiger partial charge >= 0.3 is 5.97 Å². The highest BCUT2D eigenvalue weighted by atomic mass is 16.5. The van der Waals surface area contributed by atoms with Crippen LogP contribution in [0.3, 0.4) is 0 Å². The number of allylic oxidation sites excluding steroid dienone is 9. The molecule has 162 valence electrons. The predicted molar refractivity (Wildman–Crippen MR) is 126 cm³/mol. The Kier molecular flexibility index (Phi) is 11.7. The van der Waals surface area contributed by atoms with Gasteiger partial charge in [-0.25, -0.2) is 0 Å². The van der Waals surface area contributed by atoms with Crippen molar-refractivity contribution in [1.82, 2.24) is 0 Å². The van der Waals surface area contributed by atoms with E-state index in [2.05, 4.69) is 65.0 Å². The summed E-state index contributed by atoms with van der Waals surface area (Å²) >= 11 is 0. The second-order valence-electron chi connectivity index (χ2n) is 8.98. The van der Waals surface area contributed by atoms with Gasteiger partial charge in [0.25, 0.3) is 0 Å². The lowest BCUT2D eigenvalue weighted by Gasteiger charge is -2.32. The summed E-state index contributed by atoms with van der Waals surface area (Å²) < 4.78 is 5.27. The van der Waals surface area contributed by atoms with E-state index in [0.29, 0.717) is 13.0 Å². The van der Waals surface area contributed by atoms with Crippen LogP contribution < -0.4 is 0 Å². The van der Waals surface area contributed by atoms with Gasteiger partial charge in [-0.15, -0.1) is 0 Å². The number of unbranched alkanes of at least 4 members (excludes halogenated alkanes) is 3. The predicted octanol–water partition coefficient (Wildman–Crippen LogP) is 8.03. The Morgan fingerprint density at radius 1 is 1.10 bits per heavy atom. The van der Waals surface area contributed by atoms with Gasteiger partial charge in [-0.1, -0.05) is 87.1 Å². The van der Waals surface area contributed by atoms with E-state index in [1.807, 2.05) is 13.0 Å². The topological polar surface area (TPSA) is 26.3 Å². The Labute approximate surface area is 179 Å². The van der Waals surface area contributed by atoms with Crippen LogP contribution in [0.1, 0.15) is 92.9 Å². The number of carbonyl (C=O) groups is 1. The summed E-state index contributed by atoms with van der Waals surface area (Å²) in [6, 6.07) is 0. The van der Waals surface area contributed by atoms with Gasteiger partial charge in [-0.3, -0.25) is 4.79 Å². The number of hydrogen-bond acceptors (Lipinski definition) is 2. The first-order valence-corrected chi connectivity index (χ1v) is 11.3. The first-order chi connectivity index (χ1) is 13.8. The van der Waals surface area contributed by atoms with Crippen molar-refractivity contribution in [2.45, 2.75) is 92.9 Å². The summed E-state index contributed by atoms with van der Waals surface area (Å²) in [4.78, 5) is 11.7.